The van der Waals surface area contributed by atoms with Crippen molar-refractivity contribution in [3.05, 3.63) is 53.3 Å². The number of amides is 1. The topological polar surface area (TPSA) is 45.7 Å². The van der Waals surface area contributed by atoms with Crippen LogP contribution in [0.5, 0.6) is 11.5 Å². The standard InChI is InChI=1S/C21H24ClN3O2/c22-16-5-7-18(8-6-16)27-19-9-10-20(23-15-19)21(26)25-12-2-11-24(13-14-25)17-3-1-4-17/h5-10,15,17H,1-4,11-14H2. The zero-order chi connectivity index (χ0) is 18.6. The van der Waals surface area contributed by atoms with Gasteiger partial charge in [-0.25, -0.2) is 4.98 Å². The van der Waals surface area contributed by atoms with Crippen LogP contribution in [0.15, 0.2) is 42.6 Å². The predicted molar refractivity (Wildman–Crippen MR) is 105 cm³/mol. The molecule has 0 radical (unpaired) electrons. The largest absolute Gasteiger partial charge is 0.456 e. The first-order valence-corrected chi connectivity index (χ1v) is 10.00. The summed E-state index contributed by atoms with van der Waals surface area (Å²) in [6.45, 7) is 3.64. The fourth-order valence-electron chi connectivity index (χ4n) is 3.63. The van der Waals surface area contributed by atoms with Gasteiger partial charge in [-0.05, 0) is 55.7 Å². The molecule has 2 heterocycles. The molecule has 0 N–H and O–H groups in total. The lowest BCUT2D eigenvalue weighted by atomic mass is 9.91. The molecule has 142 valence electrons. The van der Waals surface area contributed by atoms with Crippen molar-refractivity contribution < 1.29 is 9.53 Å². The van der Waals surface area contributed by atoms with Crippen molar-refractivity contribution in [2.45, 2.75) is 31.7 Å². The number of pyridine rings is 1. The van der Waals surface area contributed by atoms with Crippen molar-refractivity contribution in [3.63, 3.8) is 0 Å². The maximum Gasteiger partial charge on any atom is 0.272 e. The normalized spacial score (nSPS) is 18.6. The lowest BCUT2D eigenvalue weighted by Gasteiger charge is -2.36. The minimum absolute atomic E-state index is 0.00324. The van der Waals surface area contributed by atoms with Crippen molar-refractivity contribution in [1.82, 2.24) is 14.8 Å². The number of benzene rings is 1. The first-order chi connectivity index (χ1) is 13.2. The fraction of sp³-hybridized carbons (Fsp3) is 0.429. The number of carbonyl (C=O) groups excluding carboxylic acids is 1. The zero-order valence-corrected chi connectivity index (χ0v) is 16.1. The Morgan fingerprint density at radius 3 is 2.41 bits per heavy atom. The summed E-state index contributed by atoms with van der Waals surface area (Å²) in [5.74, 6) is 1.29. The van der Waals surface area contributed by atoms with Gasteiger partial charge in [-0.3, -0.25) is 9.69 Å². The highest BCUT2D eigenvalue weighted by Gasteiger charge is 2.28. The number of aromatic nitrogens is 1. The number of carbonyl (C=O) groups is 1. The fourth-order valence-corrected chi connectivity index (χ4v) is 3.75. The predicted octanol–water partition coefficient (Wildman–Crippen LogP) is 4.23. The average Bonchev–Trinajstić information content (AvgIpc) is 2.88. The highest BCUT2D eigenvalue weighted by Crippen LogP contribution is 2.26. The van der Waals surface area contributed by atoms with Crippen molar-refractivity contribution in [1.29, 1.82) is 0 Å². The Kier molecular flexibility index (Phi) is 5.60. The summed E-state index contributed by atoms with van der Waals surface area (Å²) < 4.78 is 5.74. The Hall–Kier alpha value is -2.11. The van der Waals surface area contributed by atoms with Crippen molar-refractivity contribution >= 4 is 17.5 Å². The van der Waals surface area contributed by atoms with Crippen LogP contribution in [0.2, 0.25) is 5.02 Å². The highest BCUT2D eigenvalue weighted by molar-refractivity contribution is 6.30. The maximum atomic E-state index is 12.8. The van der Waals surface area contributed by atoms with Crippen LogP contribution in [0.3, 0.4) is 0 Å². The molecule has 1 aromatic carbocycles. The van der Waals surface area contributed by atoms with Gasteiger partial charge in [0.1, 0.15) is 17.2 Å². The molecular weight excluding hydrogens is 362 g/mol. The molecule has 6 heteroatoms. The van der Waals surface area contributed by atoms with Crippen LogP contribution in [0, 0.1) is 0 Å². The molecular formula is C21H24ClN3O2. The van der Waals surface area contributed by atoms with Crippen molar-refractivity contribution in [3.8, 4) is 11.5 Å². The minimum Gasteiger partial charge on any atom is -0.456 e. The quantitative estimate of drug-likeness (QED) is 0.790. The molecule has 1 amide bonds. The van der Waals surface area contributed by atoms with Gasteiger partial charge in [-0.2, -0.15) is 0 Å². The molecule has 4 rings (SSSR count). The molecule has 1 saturated carbocycles. The van der Waals surface area contributed by atoms with Crippen LogP contribution >= 0.6 is 11.6 Å². The molecule has 5 nitrogen and oxygen atoms in total. The van der Waals surface area contributed by atoms with E-state index in [2.05, 4.69) is 9.88 Å². The van der Waals surface area contributed by atoms with E-state index in [1.807, 2.05) is 4.90 Å². The lowest BCUT2D eigenvalue weighted by molar-refractivity contribution is 0.0744. The van der Waals surface area contributed by atoms with Crippen LogP contribution in [-0.2, 0) is 0 Å². The van der Waals surface area contributed by atoms with Crippen LogP contribution < -0.4 is 4.74 Å². The van der Waals surface area contributed by atoms with Gasteiger partial charge in [0.25, 0.3) is 5.91 Å². The molecule has 0 spiro atoms. The van der Waals surface area contributed by atoms with Gasteiger partial charge in [0.2, 0.25) is 0 Å². The maximum absolute atomic E-state index is 12.8. The molecule has 2 aromatic rings. The molecule has 0 unspecified atom stereocenters. The number of halogens is 1. The monoisotopic (exact) mass is 385 g/mol. The van der Waals surface area contributed by atoms with Crippen LogP contribution in [0.25, 0.3) is 0 Å². The van der Waals surface area contributed by atoms with Gasteiger partial charge in [0.15, 0.2) is 0 Å². The summed E-state index contributed by atoms with van der Waals surface area (Å²) in [5.41, 5.74) is 0.468. The van der Waals surface area contributed by atoms with E-state index < -0.39 is 0 Å². The van der Waals surface area contributed by atoms with E-state index in [-0.39, 0.29) is 5.91 Å². The Bertz CT molecular complexity index is 775. The molecule has 0 bridgehead atoms. The summed E-state index contributed by atoms with van der Waals surface area (Å²) in [6.07, 6.45) is 6.59. The smallest absolute Gasteiger partial charge is 0.272 e. The first kappa shape index (κ1) is 18.3. The third kappa shape index (κ3) is 4.42. The van der Waals surface area contributed by atoms with Gasteiger partial charge < -0.3 is 9.64 Å². The van der Waals surface area contributed by atoms with E-state index in [0.717, 1.165) is 38.6 Å². The number of rotatable bonds is 4. The van der Waals surface area contributed by atoms with E-state index in [4.69, 9.17) is 16.3 Å². The Morgan fingerprint density at radius 1 is 0.963 bits per heavy atom. The second kappa shape index (κ2) is 8.28. The molecule has 2 fully saturated rings. The molecule has 0 atom stereocenters. The first-order valence-electron chi connectivity index (χ1n) is 9.62. The zero-order valence-electron chi connectivity index (χ0n) is 15.3. The van der Waals surface area contributed by atoms with Gasteiger partial charge >= 0.3 is 0 Å². The Morgan fingerprint density at radius 2 is 1.74 bits per heavy atom. The molecule has 1 aromatic heterocycles. The van der Waals surface area contributed by atoms with E-state index >= 15 is 0 Å². The summed E-state index contributed by atoms with van der Waals surface area (Å²) in [5, 5.41) is 0.662. The molecule has 1 aliphatic carbocycles. The van der Waals surface area contributed by atoms with Crippen molar-refractivity contribution in [2.24, 2.45) is 0 Å². The average molecular weight is 386 g/mol. The second-order valence-corrected chi connectivity index (χ2v) is 7.64. The summed E-state index contributed by atoms with van der Waals surface area (Å²) in [4.78, 5) is 21.6. The van der Waals surface area contributed by atoms with Gasteiger partial charge in [-0.15, -0.1) is 0 Å². The van der Waals surface area contributed by atoms with Gasteiger partial charge in [0.05, 0.1) is 6.20 Å². The molecule has 1 aliphatic heterocycles. The number of hydrogen-bond donors (Lipinski definition) is 0. The van der Waals surface area contributed by atoms with Gasteiger partial charge in [-0.1, -0.05) is 18.0 Å². The second-order valence-electron chi connectivity index (χ2n) is 7.20. The Labute approximate surface area is 164 Å². The third-order valence-electron chi connectivity index (χ3n) is 5.41. The lowest BCUT2D eigenvalue weighted by Crippen LogP contribution is -2.42. The highest BCUT2D eigenvalue weighted by atomic mass is 35.5. The van der Waals surface area contributed by atoms with E-state index in [0.29, 0.717) is 22.2 Å². The SMILES string of the molecule is O=C(c1ccc(Oc2ccc(Cl)cc2)cn1)N1CCCN(C2CCC2)CC1. The van der Waals surface area contributed by atoms with Crippen LogP contribution in [-0.4, -0.2) is 52.9 Å². The molecule has 2 aliphatic rings. The number of hydrogen-bond acceptors (Lipinski definition) is 4. The number of ether oxygens (including phenoxy) is 1. The Balaban J connectivity index is 1.36. The summed E-state index contributed by atoms with van der Waals surface area (Å²) >= 11 is 5.88. The third-order valence-corrected chi connectivity index (χ3v) is 5.67. The van der Waals surface area contributed by atoms with E-state index in [9.17, 15) is 4.79 Å². The summed E-state index contributed by atoms with van der Waals surface area (Å²) in [7, 11) is 0. The van der Waals surface area contributed by atoms with Crippen LogP contribution in [0.4, 0.5) is 0 Å². The van der Waals surface area contributed by atoms with Crippen LogP contribution in [0.1, 0.15) is 36.2 Å². The van der Waals surface area contributed by atoms with E-state index in [1.54, 1.807) is 42.6 Å². The minimum atomic E-state index is 0.00324. The van der Waals surface area contributed by atoms with E-state index in [1.165, 1.54) is 19.3 Å². The molecule has 27 heavy (non-hydrogen) atoms. The van der Waals surface area contributed by atoms with Gasteiger partial charge in [0, 0.05) is 37.2 Å². The van der Waals surface area contributed by atoms with Crippen molar-refractivity contribution in [2.75, 3.05) is 26.2 Å². The molecule has 1 saturated heterocycles. The summed E-state index contributed by atoms with van der Waals surface area (Å²) in [6, 6.07) is 11.4. The number of nitrogens with zero attached hydrogens (tertiary/aromatic N) is 3.